The minimum absolute atomic E-state index is 0.166. The SMILES string of the molecule is CC(n1c(=N)sc2cc(OCCN3CCOCC3)ccc21)[N+](=O)[O-]. The molecule has 1 N–H and O–H groups in total. The number of nitro groups is 1. The van der Waals surface area contributed by atoms with Crippen molar-refractivity contribution in [2.75, 3.05) is 39.5 Å². The Morgan fingerprint density at radius 1 is 1.46 bits per heavy atom. The molecule has 1 fully saturated rings. The molecule has 130 valence electrons. The van der Waals surface area contributed by atoms with E-state index in [1.54, 1.807) is 12.1 Å². The summed E-state index contributed by atoms with van der Waals surface area (Å²) in [4.78, 5) is 13.1. The zero-order chi connectivity index (χ0) is 17.1. The molecule has 8 nitrogen and oxygen atoms in total. The van der Waals surface area contributed by atoms with Crippen LogP contribution in [0.4, 0.5) is 0 Å². The molecule has 1 unspecified atom stereocenters. The van der Waals surface area contributed by atoms with Gasteiger partial charge in [0.1, 0.15) is 12.4 Å². The van der Waals surface area contributed by atoms with Gasteiger partial charge in [0.25, 0.3) is 6.17 Å². The van der Waals surface area contributed by atoms with Crippen LogP contribution in [0.1, 0.15) is 13.1 Å². The van der Waals surface area contributed by atoms with Gasteiger partial charge >= 0.3 is 0 Å². The summed E-state index contributed by atoms with van der Waals surface area (Å²) in [6.45, 7) is 6.29. The second kappa shape index (κ2) is 7.29. The number of morpholine rings is 1. The van der Waals surface area contributed by atoms with E-state index < -0.39 is 11.1 Å². The van der Waals surface area contributed by atoms with Crippen LogP contribution in [0.3, 0.4) is 0 Å². The minimum atomic E-state index is -0.959. The van der Waals surface area contributed by atoms with Gasteiger partial charge in [-0.25, -0.2) is 0 Å². The van der Waals surface area contributed by atoms with Gasteiger partial charge in [-0.2, -0.15) is 0 Å². The molecule has 2 heterocycles. The van der Waals surface area contributed by atoms with Crippen LogP contribution in [-0.2, 0) is 4.74 Å². The molecule has 2 aromatic rings. The summed E-state index contributed by atoms with van der Waals surface area (Å²) >= 11 is 1.22. The number of hydrogen-bond donors (Lipinski definition) is 1. The van der Waals surface area contributed by atoms with E-state index in [2.05, 4.69) is 4.90 Å². The molecule has 0 amide bonds. The third-order valence-corrected chi connectivity index (χ3v) is 5.01. The number of fused-ring (bicyclic) bond motifs is 1. The monoisotopic (exact) mass is 352 g/mol. The third-order valence-electron chi connectivity index (χ3n) is 4.07. The van der Waals surface area contributed by atoms with Crippen LogP contribution in [0.25, 0.3) is 10.2 Å². The van der Waals surface area contributed by atoms with Gasteiger partial charge in [0, 0.05) is 31.5 Å². The maximum Gasteiger partial charge on any atom is 0.290 e. The first kappa shape index (κ1) is 16.9. The molecule has 1 atom stereocenters. The van der Waals surface area contributed by atoms with Gasteiger partial charge in [-0.15, -0.1) is 0 Å². The van der Waals surface area contributed by atoms with Crippen LogP contribution in [-0.4, -0.2) is 53.8 Å². The smallest absolute Gasteiger partial charge is 0.290 e. The minimum Gasteiger partial charge on any atom is -0.492 e. The number of aromatic nitrogens is 1. The van der Waals surface area contributed by atoms with Gasteiger partial charge in [-0.05, 0) is 18.2 Å². The van der Waals surface area contributed by atoms with Crippen molar-refractivity contribution in [1.29, 1.82) is 5.41 Å². The lowest BCUT2D eigenvalue weighted by atomic mass is 10.3. The van der Waals surface area contributed by atoms with Crippen molar-refractivity contribution in [3.63, 3.8) is 0 Å². The average Bonchev–Trinajstić information content (AvgIpc) is 2.90. The van der Waals surface area contributed by atoms with Crippen molar-refractivity contribution >= 4 is 21.6 Å². The molecule has 0 saturated carbocycles. The maximum atomic E-state index is 11.0. The van der Waals surface area contributed by atoms with Crippen molar-refractivity contribution in [2.45, 2.75) is 13.1 Å². The molecule has 1 aromatic heterocycles. The van der Waals surface area contributed by atoms with Gasteiger partial charge in [0.2, 0.25) is 0 Å². The predicted octanol–water partition coefficient (Wildman–Crippen LogP) is 1.69. The summed E-state index contributed by atoms with van der Waals surface area (Å²) in [5, 5.41) is 19.0. The number of rotatable bonds is 6. The number of hydrogen-bond acceptors (Lipinski definition) is 7. The second-order valence-corrected chi connectivity index (χ2v) is 6.66. The highest BCUT2D eigenvalue weighted by molar-refractivity contribution is 7.16. The van der Waals surface area contributed by atoms with E-state index in [1.807, 2.05) is 6.07 Å². The second-order valence-electron chi connectivity index (χ2n) is 5.63. The summed E-state index contributed by atoms with van der Waals surface area (Å²) in [5.74, 6) is 0.720. The van der Waals surface area contributed by atoms with E-state index >= 15 is 0 Å². The molecule has 1 aromatic carbocycles. The number of nitrogens with one attached hydrogen (secondary N) is 1. The Hall–Kier alpha value is -1.97. The van der Waals surface area contributed by atoms with E-state index in [4.69, 9.17) is 14.9 Å². The Balaban J connectivity index is 1.70. The fourth-order valence-electron chi connectivity index (χ4n) is 2.71. The average molecular weight is 352 g/mol. The third kappa shape index (κ3) is 3.58. The number of nitrogens with zero attached hydrogens (tertiary/aromatic N) is 3. The van der Waals surface area contributed by atoms with Crippen molar-refractivity contribution in [3.05, 3.63) is 33.1 Å². The summed E-state index contributed by atoms with van der Waals surface area (Å²) in [6.07, 6.45) is -0.959. The first-order valence-electron chi connectivity index (χ1n) is 7.82. The zero-order valence-corrected chi connectivity index (χ0v) is 14.3. The molecule has 24 heavy (non-hydrogen) atoms. The van der Waals surface area contributed by atoms with Crippen LogP contribution >= 0.6 is 11.3 Å². The van der Waals surface area contributed by atoms with E-state index in [0.717, 1.165) is 43.3 Å². The first-order chi connectivity index (χ1) is 11.6. The van der Waals surface area contributed by atoms with Crippen molar-refractivity contribution in [1.82, 2.24) is 9.47 Å². The van der Waals surface area contributed by atoms with Crippen molar-refractivity contribution < 1.29 is 14.4 Å². The molecule has 1 aliphatic rings. The molecule has 0 spiro atoms. The topological polar surface area (TPSA) is 93.6 Å². The number of benzene rings is 1. The predicted molar refractivity (Wildman–Crippen MR) is 90.1 cm³/mol. The van der Waals surface area contributed by atoms with E-state index in [9.17, 15) is 10.1 Å². The van der Waals surface area contributed by atoms with E-state index in [1.165, 1.54) is 22.8 Å². The number of ether oxygens (including phenoxy) is 2. The Morgan fingerprint density at radius 3 is 2.92 bits per heavy atom. The van der Waals surface area contributed by atoms with Crippen LogP contribution in [0, 0.1) is 15.5 Å². The zero-order valence-electron chi connectivity index (χ0n) is 13.4. The van der Waals surface area contributed by atoms with Gasteiger partial charge < -0.3 is 9.47 Å². The largest absolute Gasteiger partial charge is 0.492 e. The van der Waals surface area contributed by atoms with E-state index in [0.29, 0.717) is 12.1 Å². The number of thiazole rings is 1. The standard InChI is InChI=1S/C15H20N4O4S/c1-11(19(20)21)18-13-3-2-12(10-14(13)24-15(18)16)23-9-6-17-4-7-22-8-5-17/h2-3,10-11,16H,4-9H2,1H3. The van der Waals surface area contributed by atoms with Crippen LogP contribution in [0.2, 0.25) is 0 Å². The maximum absolute atomic E-state index is 11.0. The normalized spacial score (nSPS) is 17.0. The Bertz CT molecular complexity index is 781. The lowest BCUT2D eigenvalue weighted by Gasteiger charge is -2.26. The molecule has 9 heteroatoms. The molecule has 0 aliphatic carbocycles. The van der Waals surface area contributed by atoms with Crippen LogP contribution in [0.5, 0.6) is 5.75 Å². The molecule has 1 aliphatic heterocycles. The highest BCUT2D eigenvalue weighted by Gasteiger charge is 2.20. The van der Waals surface area contributed by atoms with Gasteiger partial charge in [0.15, 0.2) is 4.80 Å². The Morgan fingerprint density at radius 2 is 2.21 bits per heavy atom. The summed E-state index contributed by atoms with van der Waals surface area (Å²) in [5.41, 5.74) is 0.690. The first-order valence-corrected chi connectivity index (χ1v) is 8.64. The quantitative estimate of drug-likeness (QED) is 0.631. The highest BCUT2D eigenvalue weighted by Crippen LogP contribution is 2.25. The summed E-state index contributed by atoms with van der Waals surface area (Å²) in [7, 11) is 0. The molecular formula is C15H20N4O4S. The summed E-state index contributed by atoms with van der Waals surface area (Å²) < 4.78 is 13.4. The fourth-order valence-corrected chi connectivity index (χ4v) is 3.71. The molecular weight excluding hydrogens is 332 g/mol. The van der Waals surface area contributed by atoms with Gasteiger partial charge in [-0.1, -0.05) is 11.3 Å². The van der Waals surface area contributed by atoms with Gasteiger partial charge in [-0.3, -0.25) is 25.0 Å². The summed E-state index contributed by atoms with van der Waals surface area (Å²) in [6, 6.07) is 5.44. The molecule has 3 rings (SSSR count). The highest BCUT2D eigenvalue weighted by atomic mass is 32.1. The van der Waals surface area contributed by atoms with Gasteiger partial charge in [0.05, 0.1) is 23.4 Å². The van der Waals surface area contributed by atoms with Crippen molar-refractivity contribution in [2.24, 2.45) is 0 Å². The Labute approximate surface area is 142 Å². The molecule has 0 radical (unpaired) electrons. The van der Waals surface area contributed by atoms with E-state index in [-0.39, 0.29) is 4.80 Å². The lowest BCUT2D eigenvalue weighted by Crippen LogP contribution is -2.38. The molecule has 0 bridgehead atoms. The van der Waals surface area contributed by atoms with Crippen LogP contribution in [0.15, 0.2) is 18.2 Å². The fraction of sp³-hybridized carbons (Fsp3) is 0.533. The Kier molecular flexibility index (Phi) is 5.12. The lowest BCUT2D eigenvalue weighted by molar-refractivity contribution is -0.543. The van der Waals surface area contributed by atoms with Crippen LogP contribution < -0.4 is 9.54 Å². The van der Waals surface area contributed by atoms with Crippen molar-refractivity contribution in [3.8, 4) is 5.75 Å². The molecule has 1 saturated heterocycles.